The smallest absolute Gasteiger partial charge is 0.372 e. The van der Waals surface area contributed by atoms with Crippen LogP contribution in [0.1, 0.15) is 66.9 Å². The first kappa shape index (κ1) is 33.7. The highest BCUT2D eigenvalue weighted by Crippen LogP contribution is 2.41. The predicted molar refractivity (Wildman–Crippen MR) is 159 cm³/mol. The summed E-state index contributed by atoms with van der Waals surface area (Å²) in [5.41, 5.74) is -3.09. The SMILES string of the molecule is CC1C=CC=CC1[C@]1(CO[C@H](C)c2cc(C(F)(F)F)cc(C(F)(F)F)c2)CC[C@H](n2c(COCc3ccccc3)n[nH]c2=O)CN1. The summed E-state index contributed by atoms with van der Waals surface area (Å²) in [4.78, 5) is 12.8. The van der Waals surface area contributed by atoms with Crippen molar-refractivity contribution in [3.63, 3.8) is 0 Å². The van der Waals surface area contributed by atoms with E-state index in [0.717, 1.165) is 5.56 Å². The minimum Gasteiger partial charge on any atom is -0.372 e. The molecule has 1 aliphatic carbocycles. The molecule has 3 aromatic rings. The third-order valence-electron chi connectivity index (χ3n) is 8.82. The van der Waals surface area contributed by atoms with E-state index < -0.39 is 35.1 Å². The van der Waals surface area contributed by atoms with Crippen LogP contribution in [0.15, 0.2) is 77.6 Å². The van der Waals surface area contributed by atoms with E-state index in [1.807, 2.05) is 61.6 Å². The lowest BCUT2D eigenvalue weighted by atomic mass is 9.70. The number of hydrogen-bond donors (Lipinski definition) is 2. The molecule has 248 valence electrons. The van der Waals surface area contributed by atoms with Gasteiger partial charge in [-0.05, 0) is 55.0 Å². The van der Waals surface area contributed by atoms with Crippen molar-refractivity contribution in [2.45, 2.75) is 69.9 Å². The lowest BCUT2D eigenvalue weighted by molar-refractivity contribution is -0.143. The summed E-state index contributed by atoms with van der Waals surface area (Å²) in [5.74, 6) is 0.425. The van der Waals surface area contributed by atoms with Gasteiger partial charge in [-0.1, -0.05) is 61.6 Å². The van der Waals surface area contributed by atoms with Crippen molar-refractivity contribution >= 4 is 0 Å². The van der Waals surface area contributed by atoms with Crippen LogP contribution in [0.25, 0.3) is 0 Å². The maximum atomic E-state index is 13.5. The van der Waals surface area contributed by atoms with Crippen molar-refractivity contribution in [2.24, 2.45) is 11.8 Å². The first-order valence-electron chi connectivity index (χ1n) is 15.1. The number of piperidine rings is 1. The van der Waals surface area contributed by atoms with Crippen molar-refractivity contribution in [2.75, 3.05) is 13.2 Å². The van der Waals surface area contributed by atoms with Crippen LogP contribution >= 0.6 is 0 Å². The molecule has 1 aromatic heterocycles. The number of hydrogen-bond acceptors (Lipinski definition) is 5. The molecule has 0 bridgehead atoms. The Hall–Kier alpha value is -3.68. The molecule has 5 rings (SSSR count). The number of alkyl halides is 6. The number of allylic oxidation sites excluding steroid dienone is 3. The average molecular weight is 651 g/mol. The Morgan fingerprint density at radius 3 is 2.28 bits per heavy atom. The molecule has 7 nitrogen and oxygen atoms in total. The van der Waals surface area contributed by atoms with Crippen LogP contribution in [0.3, 0.4) is 0 Å². The molecule has 46 heavy (non-hydrogen) atoms. The first-order valence-corrected chi connectivity index (χ1v) is 15.1. The van der Waals surface area contributed by atoms with Crippen molar-refractivity contribution in [1.82, 2.24) is 20.1 Å². The fraction of sp³-hybridized carbons (Fsp3) is 0.455. The van der Waals surface area contributed by atoms with Crippen molar-refractivity contribution in [3.8, 4) is 0 Å². The van der Waals surface area contributed by atoms with Gasteiger partial charge in [0.15, 0.2) is 5.82 Å². The molecule has 0 saturated carbocycles. The molecule has 2 N–H and O–H groups in total. The zero-order valence-corrected chi connectivity index (χ0v) is 25.4. The molecule has 1 fully saturated rings. The van der Waals surface area contributed by atoms with Gasteiger partial charge >= 0.3 is 18.0 Å². The fourth-order valence-electron chi connectivity index (χ4n) is 6.30. The van der Waals surface area contributed by atoms with Crippen LogP contribution in [-0.4, -0.2) is 33.5 Å². The quantitative estimate of drug-likeness (QED) is 0.228. The number of halogens is 6. The second-order valence-electron chi connectivity index (χ2n) is 12.0. The third kappa shape index (κ3) is 7.64. The van der Waals surface area contributed by atoms with Gasteiger partial charge in [-0.3, -0.25) is 4.57 Å². The highest BCUT2D eigenvalue weighted by molar-refractivity contribution is 5.34. The van der Waals surface area contributed by atoms with Gasteiger partial charge in [-0.15, -0.1) is 0 Å². The number of aromatic amines is 1. The minimum absolute atomic E-state index is 0.0129. The fourth-order valence-corrected chi connectivity index (χ4v) is 6.30. The molecule has 0 radical (unpaired) electrons. The Bertz CT molecular complexity index is 1550. The van der Waals surface area contributed by atoms with E-state index in [9.17, 15) is 31.1 Å². The summed E-state index contributed by atoms with van der Waals surface area (Å²) >= 11 is 0. The zero-order chi connectivity index (χ0) is 33.1. The monoisotopic (exact) mass is 650 g/mol. The Balaban J connectivity index is 1.33. The summed E-state index contributed by atoms with van der Waals surface area (Å²) in [5, 5.41) is 10.3. The summed E-state index contributed by atoms with van der Waals surface area (Å²) in [6.07, 6.45) is -2.02. The van der Waals surface area contributed by atoms with Gasteiger partial charge in [0.25, 0.3) is 0 Å². The van der Waals surface area contributed by atoms with Crippen molar-refractivity contribution in [1.29, 1.82) is 0 Å². The van der Waals surface area contributed by atoms with Gasteiger partial charge in [0.1, 0.15) is 6.61 Å². The summed E-state index contributed by atoms with van der Waals surface area (Å²) in [7, 11) is 0. The van der Waals surface area contributed by atoms with Gasteiger partial charge < -0.3 is 14.8 Å². The zero-order valence-electron chi connectivity index (χ0n) is 25.4. The molecular formula is C33H36F6N4O3. The Morgan fingerprint density at radius 2 is 1.67 bits per heavy atom. The van der Waals surface area contributed by atoms with Crippen molar-refractivity contribution in [3.05, 3.63) is 111 Å². The topological polar surface area (TPSA) is 81.2 Å². The van der Waals surface area contributed by atoms with E-state index in [4.69, 9.17) is 9.47 Å². The number of ether oxygens (including phenoxy) is 2. The van der Waals surface area contributed by atoms with Crippen LogP contribution in [-0.2, 0) is 35.0 Å². The highest BCUT2D eigenvalue weighted by atomic mass is 19.4. The van der Waals surface area contributed by atoms with E-state index in [2.05, 4.69) is 15.5 Å². The Morgan fingerprint density at radius 1 is 1.00 bits per heavy atom. The molecule has 1 aliphatic heterocycles. The standard InChI is InChI=1S/C33H36F6N4O3/c1-21-8-6-7-11-28(21)31(20-46-22(2)24-14-25(32(34,35)36)16-26(15-24)33(37,38)39)13-12-27(17-40-31)43-29(41-42-30(43)44)19-45-18-23-9-4-3-5-10-23/h3-11,14-16,21-22,27-28,40H,12-13,17-20H2,1-2H3,(H,42,44)/t21?,22-,27+,28?,31-/m1/s1. The van der Waals surface area contributed by atoms with Crippen LogP contribution in [0.2, 0.25) is 0 Å². The van der Waals surface area contributed by atoms with E-state index in [1.165, 1.54) is 6.92 Å². The van der Waals surface area contributed by atoms with E-state index in [0.29, 0.717) is 44.0 Å². The van der Waals surface area contributed by atoms with Gasteiger partial charge in [0, 0.05) is 18.0 Å². The second kappa shape index (κ2) is 13.6. The van der Waals surface area contributed by atoms with E-state index in [1.54, 1.807) is 4.57 Å². The van der Waals surface area contributed by atoms with E-state index in [-0.39, 0.29) is 48.4 Å². The van der Waals surface area contributed by atoms with E-state index >= 15 is 0 Å². The highest BCUT2D eigenvalue weighted by Gasteiger charge is 2.45. The van der Waals surface area contributed by atoms with Crippen LogP contribution in [0.4, 0.5) is 26.3 Å². The lowest BCUT2D eigenvalue weighted by Gasteiger charge is -2.48. The number of nitrogens with zero attached hydrogens (tertiary/aromatic N) is 2. The molecular weight excluding hydrogens is 614 g/mol. The molecule has 2 heterocycles. The van der Waals surface area contributed by atoms with Crippen LogP contribution in [0.5, 0.6) is 0 Å². The number of nitrogens with one attached hydrogen (secondary N) is 2. The molecule has 0 amide bonds. The number of aromatic nitrogens is 3. The number of benzene rings is 2. The van der Waals surface area contributed by atoms with Gasteiger partial charge in [0.05, 0.1) is 36.5 Å². The molecule has 13 heteroatoms. The molecule has 5 atom stereocenters. The average Bonchev–Trinajstić information content (AvgIpc) is 3.39. The number of rotatable bonds is 10. The summed E-state index contributed by atoms with van der Waals surface area (Å²) < 4.78 is 94.6. The maximum absolute atomic E-state index is 13.5. The van der Waals surface area contributed by atoms with Gasteiger partial charge in [-0.25, -0.2) is 9.89 Å². The predicted octanol–water partition coefficient (Wildman–Crippen LogP) is 7.15. The van der Waals surface area contributed by atoms with Gasteiger partial charge in [-0.2, -0.15) is 31.4 Å². The first-order chi connectivity index (χ1) is 21.8. The minimum atomic E-state index is -4.96. The second-order valence-corrected chi connectivity index (χ2v) is 12.0. The summed E-state index contributed by atoms with van der Waals surface area (Å²) in [6, 6.07) is 10.8. The van der Waals surface area contributed by atoms with Crippen molar-refractivity contribution < 1.29 is 35.8 Å². The van der Waals surface area contributed by atoms with Crippen LogP contribution in [0, 0.1) is 11.8 Å². The lowest BCUT2D eigenvalue weighted by Crippen LogP contribution is -2.60. The number of H-pyrrole nitrogens is 1. The van der Waals surface area contributed by atoms with Gasteiger partial charge in [0.2, 0.25) is 0 Å². The largest absolute Gasteiger partial charge is 0.416 e. The molecule has 2 aliphatic rings. The van der Waals surface area contributed by atoms with Crippen LogP contribution < -0.4 is 11.0 Å². The third-order valence-corrected chi connectivity index (χ3v) is 8.82. The Labute approximate surface area is 262 Å². The maximum Gasteiger partial charge on any atom is 0.416 e. The summed E-state index contributed by atoms with van der Waals surface area (Å²) in [6.45, 7) is 4.31. The molecule has 2 aromatic carbocycles. The molecule has 0 spiro atoms. The normalized spacial score (nSPS) is 24.3. The molecule has 1 saturated heterocycles. The molecule has 2 unspecified atom stereocenters. The Kier molecular flexibility index (Phi) is 9.95.